The van der Waals surface area contributed by atoms with E-state index in [1.54, 1.807) is 18.9 Å². The number of hydrogen-bond acceptors (Lipinski definition) is 4. The highest BCUT2D eigenvalue weighted by atomic mass is 16.5. The Morgan fingerprint density at radius 2 is 1.75 bits per heavy atom. The van der Waals surface area contributed by atoms with Crippen LogP contribution in [0.5, 0.6) is 5.75 Å². The molecule has 2 aliphatic heterocycles. The SMILES string of the molecule is COc1ccc(CNC(=O)CC2(N3Cc4ccccc4C3=O)CCN(C(C)=O)CC2)cc1. The van der Waals surface area contributed by atoms with Gasteiger partial charge in [-0.05, 0) is 42.2 Å². The highest BCUT2D eigenvalue weighted by Gasteiger charge is 2.47. The quantitative estimate of drug-likeness (QED) is 0.757. The topological polar surface area (TPSA) is 79.0 Å². The molecule has 0 spiro atoms. The number of nitrogens with one attached hydrogen (secondary N) is 1. The molecule has 2 heterocycles. The van der Waals surface area contributed by atoms with E-state index < -0.39 is 5.54 Å². The largest absolute Gasteiger partial charge is 0.497 e. The van der Waals surface area contributed by atoms with Crippen molar-refractivity contribution < 1.29 is 19.1 Å². The van der Waals surface area contributed by atoms with Crippen LogP contribution in [-0.2, 0) is 22.7 Å². The van der Waals surface area contributed by atoms with Gasteiger partial charge in [0.1, 0.15) is 5.75 Å². The molecule has 32 heavy (non-hydrogen) atoms. The average Bonchev–Trinajstić information content (AvgIpc) is 3.15. The van der Waals surface area contributed by atoms with Gasteiger partial charge in [-0.25, -0.2) is 0 Å². The van der Waals surface area contributed by atoms with Crippen LogP contribution in [-0.4, -0.2) is 53.3 Å². The molecule has 2 aromatic rings. The smallest absolute Gasteiger partial charge is 0.254 e. The number of piperidine rings is 1. The minimum atomic E-state index is -0.605. The zero-order valence-electron chi connectivity index (χ0n) is 18.6. The van der Waals surface area contributed by atoms with Crippen molar-refractivity contribution in [1.29, 1.82) is 0 Å². The van der Waals surface area contributed by atoms with Gasteiger partial charge in [-0.1, -0.05) is 30.3 Å². The van der Waals surface area contributed by atoms with Gasteiger partial charge in [0.25, 0.3) is 5.91 Å². The third-order valence-electron chi connectivity index (χ3n) is 6.67. The molecule has 0 aliphatic carbocycles. The predicted octanol–water partition coefficient (Wildman–Crippen LogP) is 2.74. The van der Waals surface area contributed by atoms with Gasteiger partial charge in [-0.15, -0.1) is 0 Å². The van der Waals surface area contributed by atoms with Gasteiger partial charge >= 0.3 is 0 Å². The van der Waals surface area contributed by atoms with Gasteiger partial charge in [0.05, 0.1) is 19.1 Å². The molecule has 0 saturated carbocycles. The number of ether oxygens (including phenoxy) is 1. The molecular formula is C25H29N3O4. The Hall–Kier alpha value is -3.35. The van der Waals surface area contributed by atoms with Gasteiger partial charge in [0.2, 0.25) is 11.8 Å². The number of benzene rings is 2. The van der Waals surface area contributed by atoms with Crippen LogP contribution in [0.15, 0.2) is 48.5 Å². The van der Waals surface area contributed by atoms with E-state index in [-0.39, 0.29) is 24.1 Å². The molecule has 0 aromatic heterocycles. The molecule has 1 N–H and O–H groups in total. The normalized spacial score (nSPS) is 17.1. The first-order valence-electron chi connectivity index (χ1n) is 11.0. The predicted molar refractivity (Wildman–Crippen MR) is 120 cm³/mol. The Balaban J connectivity index is 1.49. The fourth-order valence-corrected chi connectivity index (χ4v) is 4.72. The number of carbonyl (C=O) groups excluding carboxylic acids is 3. The summed E-state index contributed by atoms with van der Waals surface area (Å²) in [6, 6.07) is 15.2. The highest BCUT2D eigenvalue weighted by molar-refractivity contribution is 5.99. The fourth-order valence-electron chi connectivity index (χ4n) is 4.72. The molecule has 7 heteroatoms. The zero-order valence-corrected chi connectivity index (χ0v) is 18.6. The van der Waals surface area contributed by atoms with Crippen LogP contribution in [0.4, 0.5) is 0 Å². The van der Waals surface area contributed by atoms with Crippen molar-refractivity contribution in [1.82, 2.24) is 15.1 Å². The molecule has 4 rings (SSSR count). The number of amides is 3. The summed E-state index contributed by atoms with van der Waals surface area (Å²) in [4.78, 5) is 41.8. The van der Waals surface area contributed by atoms with Crippen molar-refractivity contribution in [3.05, 3.63) is 65.2 Å². The molecular weight excluding hydrogens is 406 g/mol. The van der Waals surface area contributed by atoms with Crippen molar-refractivity contribution in [3.8, 4) is 5.75 Å². The van der Waals surface area contributed by atoms with Crippen LogP contribution in [0.1, 0.15) is 47.7 Å². The molecule has 2 aliphatic rings. The van der Waals surface area contributed by atoms with Crippen LogP contribution in [0.2, 0.25) is 0 Å². The van der Waals surface area contributed by atoms with E-state index in [2.05, 4.69) is 5.32 Å². The number of rotatable bonds is 6. The maximum absolute atomic E-state index is 13.2. The summed E-state index contributed by atoms with van der Waals surface area (Å²) in [5, 5.41) is 3.00. The third kappa shape index (κ3) is 4.33. The van der Waals surface area contributed by atoms with E-state index in [1.165, 1.54) is 0 Å². The van der Waals surface area contributed by atoms with Crippen LogP contribution in [0.3, 0.4) is 0 Å². The molecule has 0 radical (unpaired) electrons. The van der Waals surface area contributed by atoms with Gasteiger partial charge in [-0.3, -0.25) is 14.4 Å². The second kappa shape index (κ2) is 9.02. The lowest BCUT2D eigenvalue weighted by Crippen LogP contribution is -2.57. The van der Waals surface area contributed by atoms with Crippen LogP contribution < -0.4 is 10.1 Å². The molecule has 1 saturated heterocycles. The van der Waals surface area contributed by atoms with Gasteiger partial charge in [-0.2, -0.15) is 0 Å². The number of hydrogen-bond donors (Lipinski definition) is 1. The molecule has 0 atom stereocenters. The van der Waals surface area contributed by atoms with Crippen LogP contribution >= 0.6 is 0 Å². The van der Waals surface area contributed by atoms with Crippen molar-refractivity contribution >= 4 is 17.7 Å². The first-order chi connectivity index (χ1) is 15.4. The van der Waals surface area contributed by atoms with E-state index in [0.29, 0.717) is 44.6 Å². The Morgan fingerprint density at radius 1 is 1.06 bits per heavy atom. The van der Waals surface area contributed by atoms with Crippen molar-refractivity contribution in [3.63, 3.8) is 0 Å². The van der Waals surface area contributed by atoms with Crippen molar-refractivity contribution in [2.45, 2.75) is 44.8 Å². The lowest BCUT2D eigenvalue weighted by atomic mass is 9.82. The van der Waals surface area contributed by atoms with Gasteiger partial charge in [0, 0.05) is 38.7 Å². The number of likely N-dealkylation sites (tertiary alicyclic amines) is 1. The standard InChI is InChI=1S/C25H29N3O4/c1-18(29)27-13-11-25(12-14-27,28-17-20-5-3-4-6-22(20)24(28)31)15-23(30)26-16-19-7-9-21(32-2)10-8-19/h3-10H,11-17H2,1-2H3,(H,26,30). The van der Waals surface area contributed by atoms with E-state index in [0.717, 1.165) is 16.9 Å². The van der Waals surface area contributed by atoms with Crippen LogP contribution in [0, 0.1) is 0 Å². The Kier molecular flexibility index (Phi) is 6.17. The summed E-state index contributed by atoms with van der Waals surface area (Å²) in [5.41, 5.74) is 2.07. The second-order valence-electron chi connectivity index (χ2n) is 8.58. The zero-order chi connectivity index (χ0) is 22.7. The summed E-state index contributed by atoms with van der Waals surface area (Å²) in [6.07, 6.45) is 1.39. The summed E-state index contributed by atoms with van der Waals surface area (Å²) in [7, 11) is 1.62. The molecule has 7 nitrogen and oxygen atoms in total. The number of methoxy groups -OCH3 is 1. The summed E-state index contributed by atoms with van der Waals surface area (Å²) in [6.45, 7) is 3.56. The van der Waals surface area contributed by atoms with E-state index in [4.69, 9.17) is 4.74 Å². The first kappa shape index (κ1) is 21.9. The fraction of sp³-hybridized carbons (Fsp3) is 0.400. The minimum Gasteiger partial charge on any atom is -0.497 e. The van der Waals surface area contributed by atoms with E-state index in [9.17, 15) is 14.4 Å². The van der Waals surface area contributed by atoms with Crippen molar-refractivity contribution in [2.24, 2.45) is 0 Å². The Labute approximate surface area is 188 Å². The molecule has 0 unspecified atom stereocenters. The van der Waals surface area contributed by atoms with E-state index >= 15 is 0 Å². The van der Waals surface area contributed by atoms with Crippen LogP contribution in [0.25, 0.3) is 0 Å². The molecule has 168 valence electrons. The van der Waals surface area contributed by atoms with Crippen molar-refractivity contribution in [2.75, 3.05) is 20.2 Å². The second-order valence-corrected chi connectivity index (χ2v) is 8.58. The summed E-state index contributed by atoms with van der Waals surface area (Å²) < 4.78 is 5.17. The Bertz CT molecular complexity index is 1010. The number of nitrogens with zero attached hydrogens (tertiary/aromatic N) is 2. The van der Waals surface area contributed by atoms with Gasteiger partial charge < -0.3 is 19.9 Å². The number of fused-ring (bicyclic) bond motifs is 1. The first-order valence-corrected chi connectivity index (χ1v) is 11.0. The third-order valence-corrected chi connectivity index (χ3v) is 6.67. The molecule has 0 bridgehead atoms. The highest BCUT2D eigenvalue weighted by Crippen LogP contribution is 2.38. The maximum atomic E-state index is 13.2. The molecule has 1 fully saturated rings. The van der Waals surface area contributed by atoms with Gasteiger partial charge in [0.15, 0.2) is 0 Å². The lowest BCUT2D eigenvalue weighted by Gasteiger charge is -2.47. The number of carbonyl (C=O) groups is 3. The maximum Gasteiger partial charge on any atom is 0.254 e. The minimum absolute atomic E-state index is 0.0265. The summed E-state index contributed by atoms with van der Waals surface area (Å²) in [5.74, 6) is 0.669. The summed E-state index contributed by atoms with van der Waals surface area (Å²) >= 11 is 0. The molecule has 2 aromatic carbocycles. The Morgan fingerprint density at radius 3 is 2.38 bits per heavy atom. The lowest BCUT2D eigenvalue weighted by molar-refractivity contribution is -0.132. The monoisotopic (exact) mass is 435 g/mol. The van der Waals surface area contributed by atoms with E-state index in [1.807, 2.05) is 53.4 Å². The molecule has 3 amide bonds. The average molecular weight is 436 g/mol.